The Morgan fingerprint density at radius 2 is 1.76 bits per heavy atom. The molecule has 0 bridgehead atoms. The molecule has 2 aromatic rings. The van der Waals surface area contributed by atoms with E-state index in [4.69, 9.17) is 14.1 Å². The van der Waals surface area contributed by atoms with Gasteiger partial charge in [0.2, 0.25) is 0 Å². The maximum atomic E-state index is 13.4. The number of hydrogen-bond acceptors (Lipinski definition) is 6. The van der Waals surface area contributed by atoms with E-state index < -0.39 is 28.0 Å². The van der Waals surface area contributed by atoms with E-state index in [9.17, 15) is 26.4 Å². The lowest BCUT2D eigenvalue weighted by Crippen LogP contribution is -2.53. The Labute approximate surface area is 213 Å². The largest absolute Gasteiger partial charge is 0.448 e. The van der Waals surface area contributed by atoms with E-state index in [0.29, 0.717) is 25.4 Å². The number of likely N-dealkylation sites (tertiary alicyclic amines) is 1. The summed E-state index contributed by atoms with van der Waals surface area (Å²) in [6.07, 6.45) is -1.36. The molecule has 3 heterocycles. The van der Waals surface area contributed by atoms with Crippen LogP contribution >= 0.6 is 0 Å². The van der Waals surface area contributed by atoms with Crippen molar-refractivity contribution in [1.29, 1.82) is 0 Å². The molecule has 1 aromatic heterocycles. The molecule has 2 atom stereocenters. The number of urea groups is 1. The van der Waals surface area contributed by atoms with Crippen LogP contribution in [0.5, 0.6) is 0 Å². The van der Waals surface area contributed by atoms with Gasteiger partial charge in [-0.15, -0.1) is 0 Å². The van der Waals surface area contributed by atoms with Crippen LogP contribution in [0.15, 0.2) is 34.9 Å². The summed E-state index contributed by atoms with van der Waals surface area (Å²) in [5.41, 5.74) is 1.32. The number of sulfone groups is 1. The molecule has 2 saturated heterocycles. The molecule has 2 unspecified atom stereocenters. The van der Waals surface area contributed by atoms with Gasteiger partial charge in [0.05, 0.1) is 23.8 Å². The van der Waals surface area contributed by atoms with E-state index in [2.05, 4.69) is 0 Å². The molecule has 1 saturated carbocycles. The Balaban J connectivity index is 1.38. The van der Waals surface area contributed by atoms with Gasteiger partial charge in [-0.2, -0.15) is 13.2 Å². The maximum absolute atomic E-state index is 13.4. The molecule has 202 valence electrons. The summed E-state index contributed by atoms with van der Waals surface area (Å²) in [5.74, 6) is -0.0167. The van der Waals surface area contributed by atoms with Gasteiger partial charge < -0.3 is 19.0 Å². The highest BCUT2D eigenvalue weighted by atomic mass is 32.2. The van der Waals surface area contributed by atoms with E-state index in [0.717, 1.165) is 24.1 Å². The van der Waals surface area contributed by atoms with Crippen molar-refractivity contribution >= 4 is 15.9 Å². The van der Waals surface area contributed by atoms with E-state index in [1.165, 1.54) is 12.1 Å². The Bertz CT molecular complexity index is 1230. The highest BCUT2D eigenvalue weighted by molar-refractivity contribution is 7.91. The lowest BCUT2D eigenvalue weighted by atomic mass is 9.84. The number of halogens is 3. The molecule has 8 nitrogen and oxygen atoms in total. The molecule has 0 radical (unpaired) electrons. The molecule has 0 N–H and O–H groups in total. The molecule has 37 heavy (non-hydrogen) atoms. The zero-order valence-electron chi connectivity index (χ0n) is 20.5. The molecule has 1 aromatic carbocycles. The molecule has 2 amide bonds. The lowest BCUT2D eigenvalue weighted by Gasteiger charge is -2.40. The fourth-order valence-corrected chi connectivity index (χ4v) is 6.48. The van der Waals surface area contributed by atoms with Gasteiger partial charge in [-0.25, -0.2) is 18.2 Å². The Kier molecular flexibility index (Phi) is 6.76. The number of amides is 2. The van der Waals surface area contributed by atoms with E-state index >= 15 is 0 Å². The van der Waals surface area contributed by atoms with Crippen LogP contribution in [0.25, 0.3) is 0 Å². The first-order valence-corrected chi connectivity index (χ1v) is 14.2. The van der Waals surface area contributed by atoms with Crippen molar-refractivity contribution in [2.24, 2.45) is 0 Å². The predicted octanol–water partition coefficient (Wildman–Crippen LogP) is 3.84. The second kappa shape index (κ2) is 9.61. The number of aromatic nitrogens is 1. The highest BCUT2D eigenvalue weighted by Gasteiger charge is 2.48. The summed E-state index contributed by atoms with van der Waals surface area (Å²) in [6, 6.07) is 6.09. The summed E-state index contributed by atoms with van der Waals surface area (Å²) in [6.45, 7) is 0.995. The number of alkyl halides is 3. The lowest BCUT2D eigenvalue weighted by molar-refractivity contribution is -0.127. The number of piperidine rings is 1. The van der Waals surface area contributed by atoms with Gasteiger partial charge in [0.1, 0.15) is 17.6 Å². The molecule has 3 aliphatic rings. The quantitative estimate of drug-likeness (QED) is 0.571. The maximum Gasteiger partial charge on any atom is 0.393 e. The zero-order chi connectivity index (χ0) is 26.4. The normalized spacial score (nSPS) is 25.2. The Morgan fingerprint density at radius 3 is 2.35 bits per heavy atom. The number of oxazole rings is 1. The van der Waals surface area contributed by atoms with Crippen molar-refractivity contribution in [3.05, 3.63) is 53.2 Å². The van der Waals surface area contributed by atoms with Crippen molar-refractivity contribution in [3.8, 4) is 0 Å². The van der Waals surface area contributed by atoms with Gasteiger partial charge in [-0.05, 0) is 30.4 Å². The fourth-order valence-electron chi connectivity index (χ4n) is 5.28. The van der Waals surface area contributed by atoms with Crippen LogP contribution in [0.1, 0.15) is 53.8 Å². The molecule has 1 aliphatic carbocycles. The van der Waals surface area contributed by atoms with E-state index in [1.807, 2.05) is 0 Å². The number of carbonyl (C=O) groups is 1. The summed E-state index contributed by atoms with van der Waals surface area (Å²) < 4.78 is 73.5. The molecular weight excluding hydrogens is 511 g/mol. The van der Waals surface area contributed by atoms with Gasteiger partial charge in [0.25, 0.3) is 0 Å². The van der Waals surface area contributed by atoms with Crippen molar-refractivity contribution < 1.29 is 35.5 Å². The standard InChI is InChI=1S/C25H30F3N3O5S/c1-35-24(6-7-24)21-16-36-22(29-21)20-12-19(18-4-2-17(3-5-18)13-25(26,27)28)14-31(15-20)23(32)30-8-10-37(33,34)11-9-30/h2-5,16,19-20H,6-15H2,1H3. The number of hydrogen-bond donors (Lipinski definition) is 0. The minimum atomic E-state index is -4.29. The van der Waals surface area contributed by atoms with Crippen LogP contribution < -0.4 is 0 Å². The number of benzene rings is 1. The third kappa shape index (κ3) is 5.79. The zero-order valence-corrected chi connectivity index (χ0v) is 21.4. The Morgan fingerprint density at radius 1 is 1.11 bits per heavy atom. The van der Waals surface area contributed by atoms with Gasteiger partial charge >= 0.3 is 12.2 Å². The van der Waals surface area contributed by atoms with Gasteiger partial charge in [-0.3, -0.25) is 0 Å². The number of nitrogens with zero attached hydrogens (tertiary/aromatic N) is 3. The summed E-state index contributed by atoms with van der Waals surface area (Å²) in [4.78, 5) is 21.4. The minimum Gasteiger partial charge on any atom is -0.448 e. The molecule has 0 spiro atoms. The predicted molar refractivity (Wildman–Crippen MR) is 128 cm³/mol. The average molecular weight is 542 g/mol. The molecule has 12 heteroatoms. The van der Waals surface area contributed by atoms with Crippen molar-refractivity contribution in [1.82, 2.24) is 14.8 Å². The van der Waals surface area contributed by atoms with Crippen LogP contribution in [0.2, 0.25) is 0 Å². The van der Waals surface area contributed by atoms with Crippen molar-refractivity contribution in [2.75, 3.05) is 44.8 Å². The monoisotopic (exact) mass is 541 g/mol. The summed E-state index contributed by atoms with van der Waals surface area (Å²) >= 11 is 0. The highest BCUT2D eigenvalue weighted by Crippen LogP contribution is 2.48. The number of carbonyl (C=O) groups excluding carboxylic acids is 1. The van der Waals surface area contributed by atoms with Gasteiger partial charge in [-0.1, -0.05) is 24.3 Å². The second-order valence-corrected chi connectivity index (χ2v) is 12.6. The third-order valence-electron chi connectivity index (χ3n) is 7.62. The molecule has 2 aliphatic heterocycles. The van der Waals surface area contributed by atoms with Crippen LogP contribution in [0, 0.1) is 0 Å². The van der Waals surface area contributed by atoms with Crippen LogP contribution in [-0.4, -0.2) is 80.2 Å². The van der Waals surface area contributed by atoms with Crippen LogP contribution in [0.4, 0.5) is 18.0 Å². The third-order valence-corrected chi connectivity index (χ3v) is 9.23. The summed E-state index contributed by atoms with van der Waals surface area (Å²) in [7, 11) is -1.50. The van der Waals surface area contributed by atoms with Crippen molar-refractivity contribution in [3.63, 3.8) is 0 Å². The Hall–Kier alpha value is -2.60. The fraction of sp³-hybridized carbons (Fsp3) is 0.600. The van der Waals surface area contributed by atoms with E-state index in [-0.39, 0.29) is 48.0 Å². The van der Waals surface area contributed by atoms with E-state index in [1.54, 1.807) is 35.3 Å². The first kappa shape index (κ1) is 26.0. The van der Waals surface area contributed by atoms with Crippen LogP contribution in [-0.2, 0) is 26.6 Å². The number of ether oxygens (including phenoxy) is 1. The first-order chi connectivity index (χ1) is 17.5. The average Bonchev–Trinajstić information content (AvgIpc) is 3.50. The summed E-state index contributed by atoms with van der Waals surface area (Å²) in [5, 5.41) is 0. The molecular formula is C25H30F3N3O5S. The van der Waals surface area contributed by atoms with Gasteiger partial charge in [0.15, 0.2) is 15.7 Å². The first-order valence-electron chi connectivity index (χ1n) is 12.4. The molecule has 3 fully saturated rings. The second-order valence-electron chi connectivity index (χ2n) is 10.3. The molecule has 5 rings (SSSR count). The SMILES string of the molecule is COC1(c2coc(C3CC(c4ccc(CC(F)(F)F)cc4)CN(C(=O)N4CCS(=O)(=O)CC4)C3)n2)CC1. The number of methoxy groups -OCH3 is 1. The topological polar surface area (TPSA) is 93.0 Å². The van der Waals surface area contributed by atoms with Crippen molar-refractivity contribution in [2.45, 2.75) is 49.3 Å². The minimum absolute atomic E-state index is 0.0672. The van der Waals surface area contributed by atoms with Crippen LogP contribution in [0.3, 0.4) is 0 Å². The van der Waals surface area contributed by atoms with Gasteiger partial charge in [0, 0.05) is 39.2 Å². The number of rotatable bonds is 5. The smallest absolute Gasteiger partial charge is 0.393 e.